The SMILES string of the molecule is Cc1cc(Cl)ccc1N1CCC(C(=O)NCCc2ccccn2)C1=O. The molecule has 5 nitrogen and oxygen atoms in total. The van der Waals surface area contributed by atoms with Crippen LogP contribution in [0.2, 0.25) is 5.02 Å². The average Bonchev–Trinajstić information content (AvgIpc) is 2.97. The third-order valence-electron chi connectivity index (χ3n) is 4.38. The van der Waals surface area contributed by atoms with Gasteiger partial charge in [-0.15, -0.1) is 0 Å². The van der Waals surface area contributed by atoms with E-state index in [1.165, 1.54) is 0 Å². The van der Waals surface area contributed by atoms with Crippen molar-refractivity contribution >= 4 is 29.1 Å². The first-order valence-corrected chi connectivity index (χ1v) is 8.69. The third-order valence-corrected chi connectivity index (χ3v) is 4.61. The van der Waals surface area contributed by atoms with Crippen LogP contribution >= 0.6 is 11.6 Å². The highest BCUT2D eigenvalue weighted by Gasteiger charge is 2.37. The molecule has 2 amide bonds. The van der Waals surface area contributed by atoms with Gasteiger partial charge in [0.2, 0.25) is 11.8 Å². The molecule has 1 aliphatic heterocycles. The summed E-state index contributed by atoms with van der Waals surface area (Å²) in [6.07, 6.45) is 2.90. The second-order valence-corrected chi connectivity index (χ2v) is 6.56. The van der Waals surface area contributed by atoms with Gasteiger partial charge in [0.15, 0.2) is 0 Å². The molecule has 130 valence electrons. The average molecular weight is 358 g/mol. The molecule has 2 heterocycles. The number of aryl methyl sites for hydroxylation is 1. The molecule has 1 fully saturated rings. The molecule has 0 radical (unpaired) electrons. The fourth-order valence-corrected chi connectivity index (χ4v) is 3.29. The van der Waals surface area contributed by atoms with Gasteiger partial charge >= 0.3 is 0 Å². The van der Waals surface area contributed by atoms with Crippen molar-refractivity contribution in [2.24, 2.45) is 5.92 Å². The zero-order valence-electron chi connectivity index (χ0n) is 14.0. The van der Waals surface area contributed by atoms with Gasteiger partial charge in [0.1, 0.15) is 5.92 Å². The van der Waals surface area contributed by atoms with Crippen molar-refractivity contribution in [3.63, 3.8) is 0 Å². The maximum Gasteiger partial charge on any atom is 0.239 e. The first kappa shape index (κ1) is 17.4. The van der Waals surface area contributed by atoms with Crippen molar-refractivity contribution in [1.82, 2.24) is 10.3 Å². The lowest BCUT2D eigenvalue weighted by Crippen LogP contribution is -2.37. The molecule has 1 aromatic carbocycles. The summed E-state index contributed by atoms with van der Waals surface area (Å²) < 4.78 is 0. The smallest absolute Gasteiger partial charge is 0.239 e. The van der Waals surface area contributed by atoms with E-state index >= 15 is 0 Å². The fraction of sp³-hybridized carbons (Fsp3) is 0.316. The van der Waals surface area contributed by atoms with Crippen molar-refractivity contribution in [3.8, 4) is 0 Å². The summed E-state index contributed by atoms with van der Waals surface area (Å²) in [5.74, 6) is -0.991. The largest absolute Gasteiger partial charge is 0.355 e. The van der Waals surface area contributed by atoms with Gasteiger partial charge in [0, 0.05) is 42.1 Å². The molecule has 2 aromatic rings. The summed E-state index contributed by atoms with van der Waals surface area (Å²) in [4.78, 5) is 30.9. The van der Waals surface area contributed by atoms with E-state index in [9.17, 15) is 9.59 Å². The fourth-order valence-electron chi connectivity index (χ4n) is 3.07. The van der Waals surface area contributed by atoms with Crippen LogP contribution in [0.4, 0.5) is 5.69 Å². The van der Waals surface area contributed by atoms with Crippen molar-refractivity contribution in [1.29, 1.82) is 0 Å². The molecule has 1 aliphatic rings. The van der Waals surface area contributed by atoms with Gasteiger partial charge in [-0.05, 0) is 49.2 Å². The normalized spacial score (nSPS) is 17.0. The topological polar surface area (TPSA) is 62.3 Å². The molecule has 1 unspecified atom stereocenters. The van der Waals surface area contributed by atoms with Gasteiger partial charge in [-0.25, -0.2) is 0 Å². The molecule has 0 aliphatic carbocycles. The Morgan fingerprint density at radius 2 is 2.20 bits per heavy atom. The van der Waals surface area contributed by atoms with Crippen LogP contribution in [0.25, 0.3) is 0 Å². The predicted octanol–water partition coefficient (Wildman–Crippen LogP) is 2.76. The quantitative estimate of drug-likeness (QED) is 0.837. The Bertz CT molecular complexity index is 779. The number of pyridine rings is 1. The first-order chi connectivity index (χ1) is 12.1. The van der Waals surface area contributed by atoms with Gasteiger partial charge in [0.05, 0.1) is 0 Å². The Morgan fingerprint density at radius 3 is 2.92 bits per heavy atom. The van der Waals surface area contributed by atoms with E-state index in [0.717, 1.165) is 16.9 Å². The number of aromatic nitrogens is 1. The minimum Gasteiger partial charge on any atom is -0.355 e. The summed E-state index contributed by atoms with van der Waals surface area (Å²) in [7, 11) is 0. The summed E-state index contributed by atoms with van der Waals surface area (Å²) in [6.45, 7) is 2.92. The number of nitrogens with zero attached hydrogens (tertiary/aromatic N) is 2. The van der Waals surface area contributed by atoms with Crippen molar-refractivity contribution < 1.29 is 9.59 Å². The van der Waals surface area contributed by atoms with Crippen LogP contribution in [-0.2, 0) is 16.0 Å². The number of carbonyl (C=O) groups is 2. The summed E-state index contributed by atoms with van der Waals surface area (Å²) in [5, 5.41) is 3.49. The van der Waals surface area contributed by atoms with Crippen LogP contribution in [0, 0.1) is 12.8 Å². The van der Waals surface area contributed by atoms with Crippen molar-refractivity contribution in [3.05, 3.63) is 58.9 Å². The summed E-state index contributed by atoms with van der Waals surface area (Å²) >= 11 is 5.97. The number of anilines is 1. The van der Waals surface area contributed by atoms with Crippen LogP contribution in [0.15, 0.2) is 42.6 Å². The standard InChI is InChI=1S/C19H20ClN3O2/c1-13-12-14(20)5-6-17(13)23-11-8-16(19(23)25)18(24)22-10-7-15-4-2-3-9-21-15/h2-6,9,12,16H,7-8,10-11H2,1H3,(H,22,24). The molecule has 6 heteroatoms. The number of nitrogens with one attached hydrogen (secondary N) is 1. The van der Waals surface area contributed by atoms with Gasteiger partial charge in [-0.2, -0.15) is 0 Å². The molecular weight excluding hydrogens is 338 g/mol. The highest BCUT2D eigenvalue weighted by Crippen LogP contribution is 2.29. The lowest BCUT2D eigenvalue weighted by atomic mass is 10.1. The molecule has 0 saturated carbocycles. The van der Waals surface area contributed by atoms with Gasteiger partial charge in [-0.3, -0.25) is 14.6 Å². The van der Waals surface area contributed by atoms with Crippen LogP contribution < -0.4 is 10.2 Å². The molecule has 3 rings (SSSR count). The second kappa shape index (κ2) is 7.66. The van der Waals surface area contributed by atoms with E-state index in [2.05, 4.69) is 10.3 Å². The second-order valence-electron chi connectivity index (χ2n) is 6.12. The monoisotopic (exact) mass is 357 g/mol. The minimum atomic E-state index is -0.626. The zero-order valence-corrected chi connectivity index (χ0v) is 14.8. The van der Waals surface area contributed by atoms with Crippen molar-refractivity contribution in [2.75, 3.05) is 18.0 Å². The van der Waals surface area contributed by atoms with Gasteiger partial charge in [0.25, 0.3) is 0 Å². The van der Waals surface area contributed by atoms with Crippen molar-refractivity contribution in [2.45, 2.75) is 19.8 Å². The third kappa shape index (κ3) is 3.99. The molecule has 0 bridgehead atoms. The van der Waals surface area contributed by atoms with E-state index in [1.807, 2.05) is 37.3 Å². The zero-order chi connectivity index (χ0) is 17.8. The lowest BCUT2D eigenvalue weighted by Gasteiger charge is -2.19. The van der Waals surface area contributed by atoms with E-state index < -0.39 is 5.92 Å². The van der Waals surface area contributed by atoms with Gasteiger partial charge < -0.3 is 10.2 Å². The number of rotatable bonds is 5. The predicted molar refractivity (Wildman–Crippen MR) is 97.6 cm³/mol. The number of benzene rings is 1. The number of hydrogen-bond acceptors (Lipinski definition) is 3. The lowest BCUT2D eigenvalue weighted by molar-refractivity contribution is -0.132. The molecule has 0 spiro atoms. The van der Waals surface area contributed by atoms with Crippen LogP contribution in [-0.4, -0.2) is 29.9 Å². The Labute approximate surface area is 152 Å². The van der Waals surface area contributed by atoms with Crippen LogP contribution in [0.5, 0.6) is 0 Å². The number of hydrogen-bond donors (Lipinski definition) is 1. The molecule has 1 saturated heterocycles. The Hall–Kier alpha value is -2.40. The Kier molecular flexibility index (Phi) is 5.34. The first-order valence-electron chi connectivity index (χ1n) is 8.31. The number of halogens is 1. The van der Waals surface area contributed by atoms with Gasteiger partial charge in [-0.1, -0.05) is 17.7 Å². The molecule has 1 atom stereocenters. The Balaban J connectivity index is 1.58. The highest BCUT2D eigenvalue weighted by atomic mass is 35.5. The van der Waals surface area contributed by atoms with E-state index in [0.29, 0.717) is 31.0 Å². The van der Waals surface area contributed by atoms with E-state index in [4.69, 9.17) is 11.6 Å². The molecular formula is C19H20ClN3O2. The van der Waals surface area contributed by atoms with E-state index in [1.54, 1.807) is 17.2 Å². The molecule has 1 aromatic heterocycles. The van der Waals surface area contributed by atoms with Crippen LogP contribution in [0.1, 0.15) is 17.7 Å². The molecule has 25 heavy (non-hydrogen) atoms. The molecule has 1 N–H and O–H groups in total. The minimum absolute atomic E-state index is 0.152. The number of amides is 2. The highest BCUT2D eigenvalue weighted by molar-refractivity contribution is 6.30. The summed E-state index contributed by atoms with van der Waals surface area (Å²) in [6, 6.07) is 11.1. The maximum atomic E-state index is 12.6. The maximum absolute atomic E-state index is 12.6. The number of carbonyl (C=O) groups excluding carboxylic acids is 2. The van der Waals surface area contributed by atoms with E-state index in [-0.39, 0.29) is 11.8 Å². The van der Waals surface area contributed by atoms with Crippen LogP contribution in [0.3, 0.4) is 0 Å². The summed E-state index contributed by atoms with van der Waals surface area (Å²) in [5.41, 5.74) is 2.66. The Morgan fingerprint density at radius 1 is 1.36 bits per heavy atom.